The van der Waals surface area contributed by atoms with Crippen LogP contribution in [0, 0.1) is 23.2 Å². The molecule has 8 atom stereocenters. The predicted octanol–water partition coefficient (Wildman–Crippen LogP) is 2.72. The van der Waals surface area contributed by atoms with Crippen LogP contribution in [0.5, 0.6) is 0 Å². The van der Waals surface area contributed by atoms with Gasteiger partial charge in [0.05, 0.1) is 0 Å². The van der Waals surface area contributed by atoms with Crippen molar-refractivity contribution in [2.75, 3.05) is 19.6 Å². The Kier molecular flexibility index (Phi) is 4.83. The summed E-state index contributed by atoms with van der Waals surface area (Å²) in [6, 6.07) is 1.37. The third-order valence-electron chi connectivity index (χ3n) is 9.36. The van der Waals surface area contributed by atoms with Crippen LogP contribution in [0.15, 0.2) is 0 Å². The molecule has 5 heteroatoms. The van der Waals surface area contributed by atoms with Crippen molar-refractivity contribution in [2.45, 2.75) is 92.8 Å². The lowest BCUT2D eigenvalue weighted by Gasteiger charge is -2.69. The van der Waals surface area contributed by atoms with Crippen LogP contribution >= 0.6 is 11.8 Å². The number of rotatable bonds is 0. The average molecular weight is 404 g/mol. The first-order valence-electron chi connectivity index (χ1n) is 12.2. The summed E-state index contributed by atoms with van der Waals surface area (Å²) in [5.41, 5.74) is 0.228. The van der Waals surface area contributed by atoms with Gasteiger partial charge >= 0.3 is 0 Å². The molecule has 0 bridgehead atoms. The van der Waals surface area contributed by atoms with Crippen molar-refractivity contribution in [3.8, 4) is 0 Å². The third kappa shape index (κ3) is 2.52. The van der Waals surface area contributed by atoms with E-state index < -0.39 is 0 Å². The molecule has 0 amide bonds. The van der Waals surface area contributed by atoms with Crippen LogP contribution in [0.25, 0.3) is 0 Å². The van der Waals surface area contributed by atoms with E-state index in [0.717, 1.165) is 42.3 Å². The van der Waals surface area contributed by atoms with Gasteiger partial charge in [0.2, 0.25) is 0 Å². The minimum Gasteiger partial charge on any atom is -0.313 e. The lowest BCUT2D eigenvalue weighted by Crippen LogP contribution is -2.81. The molecule has 4 heterocycles. The van der Waals surface area contributed by atoms with Crippen LogP contribution in [0.4, 0.5) is 0 Å². The van der Waals surface area contributed by atoms with E-state index in [1.165, 1.54) is 57.9 Å². The van der Waals surface area contributed by atoms with Crippen LogP contribution in [-0.2, 0) is 4.79 Å². The molecule has 2 saturated carbocycles. The Morgan fingerprint density at radius 3 is 1.96 bits per heavy atom. The van der Waals surface area contributed by atoms with Crippen molar-refractivity contribution in [3.63, 3.8) is 0 Å². The Hall–Kier alpha value is -0.100. The Morgan fingerprint density at radius 2 is 1.25 bits per heavy atom. The first-order chi connectivity index (χ1) is 13.8. The SMILES string of the molecule is O=C1C2CCCNC2C2(C3CCCCC3SC3CCCNC32)C2NCCCC12. The van der Waals surface area contributed by atoms with E-state index in [2.05, 4.69) is 27.7 Å². The lowest BCUT2D eigenvalue weighted by atomic mass is 9.46. The van der Waals surface area contributed by atoms with Crippen molar-refractivity contribution >= 4 is 17.5 Å². The third-order valence-corrected chi connectivity index (χ3v) is 11.1. The fourth-order valence-electron chi connectivity index (χ4n) is 8.55. The summed E-state index contributed by atoms with van der Waals surface area (Å²) in [7, 11) is 0. The molecule has 0 aromatic rings. The van der Waals surface area contributed by atoms with E-state index in [-0.39, 0.29) is 17.3 Å². The molecule has 156 valence electrons. The van der Waals surface area contributed by atoms with Crippen molar-refractivity contribution < 1.29 is 4.79 Å². The molecule has 4 aliphatic heterocycles. The molecule has 8 unspecified atom stereocenters. The quantitative estimate of drug-likeness (QED) is 0.581. The maximum absolute atomic E-state index is 13.6. The minimum absolute atomic E-state index is 0.228. The van der Waals surface area contributed by atoms with Crippen LogP contribution in [-0.4, -0.2) is 54.0 Å². The summed E-state index contributed by atoms with van der Waals surface area (Å²) < 4.78 is 0. The van der Waals surface area contributed by atoms with Gasteiger partial charge in [0.15, 0.2) is 0 Å². The van der Waals surface area contributed by atoms with Crippen LogP contribution in [0.2, 0.25) is 0 Å². The van der Waals surface area contributed by atoms with Crippen LogP contribution in [0.1, 0.15) is 64.2 Å². The smallest absolute Gasteiger partial charge is 0.142 e. The molecule has 4 nitrogen and oxygen atoms in total. The number of hydrogen-bond donors (Lipinski definition) is 3. The molecule has 6 aliphatic rings. The largest absolute Gasteiger partial charge is 0.313 e. The molecule has 0 aromatic carbocycles. The van der Waals surface area contributed by atoms with Gasteiger partial charge in [-0.3, -0.25) is 4.79 Å². The summed E-state index contributed by atoms with van der Waals surface area (Å²) in [5.74, 6) is 1.91. The Bertz CT molecular complexity index is 577. The van der Waals surface area contributed by atoms with Crippen molar-refractivity contribution in [2.24, 2.45) is 23.2 Å². The zero-order valence-corrected chi connectivity index (χ0v) is 17.9. The summed E-state index contributed by atoms with van der Waals surface area (Å²) in [6.07, 6.45) is 12.9. The zero-order chi connectivity index (χ0) is 18.7. The van der Waals surface area contributed by atoms with Crippen molar-refractivity contribution in [1.82, 2.24) is 16.0 Å². The van der Waals surface area contributed by atoms with E-state index in [9.17, 15) is 4.79 Å². The number of hydrogen-bond acceptors (Lipinski definition) is 5. The van der Waals surface area contributed by atoms with Gasteiger partial charge in [-0.05, 0) is 76.9 Å². The monoisotopic (exact) mass is 403 g/mol. The van der Waals surface area contributed by atoms with Gasteiger partial charge < -0.3 is 16.0 Å². The topological polar surface area (TPSA) is 53.2 Å². The number of piperidine rings is 3. The highest BCUT2D eigenvalue weighted by molar-refractivity contribution is 8.00. The number of carbonyl (C=O) groups is 1. The molecule has 6 rings (SSSR count). The fraction of sp³-hybridized carbons (Fsp3) is 0.957. The molecule has 1 spiro atoms. The summed E-state index contributed by atoms with van der Waals surface area (Å²) in [4.78, 5) is 13.6. The molecular formula is C23H37N3OS. The Morgan fingerprint density at radius 1 is 0.679 bits per heavy atom. The number of nitrogens with one attached hydrogen (secondary N) is 3. The maximum Gasteiger partial charge on any atom is 0.142 e. The van der Waals surface area contributed by atoms with Crippen molar-refractivity contribution in [1.29, 1.82) is 0 Å². The van der Waals surface area contributed by atoms with Crippen molar-refractivity contribution in [3.05, 3.63) is 0 Å². The van der Waals surface area contributed by atoms with E-state index >= 15 is 0 Å². The second kappa shape index (κ2) is 7.25. The molecule has 0 aromatic heterocycles. The molecule has 2 aliphatic carbocycles. The average Bonchev–Trinajstić information content (AvgIpc) is 2.77. The molecule has 0 radical (unpaired) electrons. The zero-order valence-electron chi connectivity index (χ0n) is 17.1. The molecule has 6 fully saturated rings. The summed E-state index contributed by atoms with van der Waals surface area (Å²) in [5, 5.41) is 13.6. The highest BCUT2D eigenvalue weighted by Gasteiger charge is 2.69. The van der Waals surface area contributed by atoms with E-state index in [1.54, 1.807) is 0 Å². The van der Waals surface area contributed by atoms with E-state index in [0.29, 0.717) is 23.9 Å². The standard InChI is InChI=1S/C23H37N3OS/c27-19-14-6-3-11-24-20(14)23(21-15(19)7-4-12-25-21)16-8-1-2-9-17(16)28-18-10-5-13-26-22(18)23/h14-18,20-22,24-26H,1-13H2. The molecular weight excluding hydrogens is 366 g/mol. The van der Waals surface area contributed by atoms with E-state index in [1.807, 2.05) is 0 Å². The minimum atomic E-state index is 0.228. The Balaban J connectivity index is 1.52. The number of Topliss-reactive ketones (excluding diaryl/α,β-unsaturated/α-hetero) is 1. The predicted molar refractivity (Wildman–Crippen MR) is 115 cm³/mol. The first-order valence-corrected chi connectivity index (χ1v) is 13.2. The van der Waals surface area contributed by atoms with Gasteiger partial charge in [-0.2, -0.15) is 11.8 Å². The van der Waals surface area contributed by atoms with E-state index in [4.69, 9.17) is 0 Å². The normalized spacial score (nSPS) is 53.6. The molecule has 4 saturated heterocycles. The van der Waals surface area contributed by atoms with Crippen LogP contribution < -0.4 is 16.0 Å². The van der Waals surface area contributed by atoms with Gasteiger partial charge in [-0.25, -0.2) is 0 Å². The number of carbonyl (C=O) groups excluding carboxylic acids is 1. The maximum atomic E-state index is 13.6. The number of ketones is 1. The van der Waals surface area contributed by atoms with Gasteiger partial charge in [-0.15, -0.1) is 0 Å². The summed E-state index contributed by atoms with van der Waals surface area (Å²) in [6.45, 7) is 3.38. The Labute approximate surface area is 174 Å². The lowest BCUT2D eigenvalue weighted by molar-refractivity contribution is -0.153. The van der Waals surface area contributed by atoms with Gasteiger partial charge in [0, 0.05) is 45.9 Å². The van der Waals surface area contributed by atoms with Gasteiger partial charge in [-0.1, -0.05) is 12.8 Å². The molecule has 3 N–H and O–H groups in total. The van der Waals surface area contributed by atoms with Crippen LogP contribution in [0.3, 0.4) is 0 Å². The first kappa shape index (κ1) is 18.7. The number of fused-ring (bicyclic) bond motifs is 8. The highest BCUT2D eigenvalue weighted by atomic mass is 32.2. The number of thioether (sulfide) groups is 1. The second-order valence-electron chi connectivity index (χ2n) is 10.4. The highest BCUT2D eigenvalue weighted by Crippen LogP contribution is 2.62. The molecule has 28 heavy (non-hydrogen) atoms. The second-order valence-corrected chi connectivity index (χ2v) is 11.9. The van der Waals surface area contributed by atoms with Gasteiger partial charge in [0.1, 0.15) is 5.78 Å². The van der Waals surface area contributed by atoms with Gasteiger partial charge in [0.25, 0.3) is 0 Å². The fourth-order valence-corrected chi connectivity index (χ4v) is 10.7. The summed E-state index contributed by atoms with van der Waals surface area (Å²) >= 11 is 2.34.